The number of piperidine rings is 1. The standard InChI is InChI=1S/C21H29N3O5/c1-15-6-5-11-23(13-15)18-10-9-16(12-19(18)24(27)28)21(26)29-14-20(25)22-17-7-3-2-4-8-17/h9-10,12,15,17H,2-8,11,13-14H2,1H3,(H,22,25)/t15-/m0/s1. The molecule has 0 bridgehead atoms. The highest BCUT2D eigenvalue weighted by molar-refractivity contribution is 5.93. The van der Waals surface area contributed by atoms with Gasteiger partial charge in [-0.3, -0.25) is 14.9 Å². The Hall–Kier alpha value is -2.64. The zero-order valence-electron chi connectivity index (χ0n) is 16.9. The molecule has 1 aromatic carbocycles. The lowest BCUT2D eigenvalue weighted by atomic mass is 9.95. The minimum atomic E-state index is -0.731. The van der Waals surface area contributed by atoms with E-state index >= 15 is 0 Å². The average molecular weight is 403 g/mol. The van der Waals surface area contributed by atoms with E-state index in [0.717, 1.165) is 51.6 Å². The maximum Gasteiger partial charge on any atom is 0.338 e. The lowest BCUT2D eigenvalue weighted by Gasteiger charge is -2.32. The smallest absolute Gasteiger partial charge is 0.338 e. The number of nitro benzene ring substituents is 1. The van der Waals surface area contributed by atoms with Crippen molar-refractivity contribution in [2.45, 2.75) is 57.9 Å². The van der Waals surface area contributed by atoms with E-state index in [2.05, 4.69) is 12.2 Å². The number of nitro groups is 1. The van der Waals surface area contributed by atoms with Crippen LogP contribution in [0.15, 0.2) is 18.2 Å². The molecule has 3 rings (SSSR count). The van der Waals surface area contributed by atoms with Crippen LogP contribution in [0.4, 0.5) is 11.4 Å². The van der Waals surface area contributed by atoms with E-state index in [-0.39, 0.29) is 29.8 Å². The molecule has 1 atom stereocenters. The first-order valence-corrected chi connectivity index (χ1v) is 10.4. The van der Waals surface area contributed by atoms with Crippen LogP contribution in [-0.4, -0.2) is 42.5 Å². The van der Waals surface area contributed by atoms with Crippen molar-refractivity contribution in [2.75, 3.05) is 24.6 Å². The molecule has 29 heavy (non-hydrogen) atoms. The van der Waals surface area contributed by atoms with E-state index in [0.29, 0.717) is 11.6 Å². The fourth-order valence-corrected chi connectivity index (χ4v) is 4.20. The van der Waals surface area contributed by atoms with Gasteiger partial charge in [0.05, 0.1) is 10.5 Å². The first-order valence-electron chi connectivity index (χ1n) is 10.4. The van der Waals surface area contributed by atoms with Crippen molar-refractivity contribution in [2.24, 2.45) is 5.92 Å². The molecule has 0 spiro atoms. The third kappa shape index (κ3) is 5.68. The minimum Gasteiger partial charge on any atom is -0.452 e. The maximum absolute atomic E-state index is 12.3. The van der Waals surface area contributed by atoms with E-state index in [9.17, 15) is 19.7 Å². The highest BCUT2D eigenvalue weighted by atomic mass is 16.6. The van der Waals surface area contributed by atoms with E-state index in [1.165, 1.54) is 18.6 Å². The molecule has 8 heteroatoms. The zero-order valence-corrected chi connectivity index (χ0v) is 16.9. The SMILES string of the molecule is C[C@H]1CCCN(c2ccc(C(=O)OCC(=O)NC3CCCCC3)cc2[N+](=O)[O-])C1. The fraction of sp³-hybridized carbons (Fsp3) is 0.619. The van der Waals surface area contributed by atoms with Crippen LogP contribution >= 0.6 is 0 Å². The van der Waals surface area contributed by atoms with Gasteiger partial charge in [-0.1, -0.05) is 26.2 Å². The van der Waals surface area contributed by atoms with Gasteiger partial charge in [0.2, 0.25) is 0 Å². The number of carbonyl (C=O) groups is 2. The summed E-state index contributed by atoms with van der Waals surface area (Å²) in [6.45, 7) is 3.26. The number of benzene rings is 1. The second-order valence-corrected chi connectivity index (χ2v) is 8.13. The highest BCUT2D eigenvalue weighted by Crippen LogP contribution is 2.32. The van der Waals surface area contributed by atoms with Crippen LogP contribution < -0.4 is 10.2 Å². The summed E-state index contributed by atoms with van der Waals surface area (Å²) in [5, 5.41) is 14.5. The Balaban J connectivity index is 1.62. The van der Waals surface area contributed by atoms with Gasteiger partial charge in [-0.2, -0.15) is 0 Å². The van der Waals surface area contributed by atoms with Crippen LogP contribution in [0.25, 0.3) is 0 Å². The Morgan fingerprint density at radius 3 is 2.66 bits per heavy atom. The van der Waals surface area contributed by atoms with Gasteiger partial charge in [-0.05, 0) is 43.7 Å². The third-order valence-corrected chi connectivity index (χ3v) is 5.71. The van der Waals surface area contributed by atoms with Crippen LogP contribution in [0.2, 0.25) is 0 Å². The van der Waals surface area contributed by atoms with Crippen molar-refractivity contribution in [3.8, 4) is 0 Å². The van der Waals surface area contributed by atoms with Gasteiger partial charge < -0.3 is 15.0 Å². The number of ether oxygens (including phenoxy) is 1. The number of hydrogen-bond donors (Lipinski definition) is 1. The molecule has 8 nitrogen and oxygen atoms in total. The van der Waals surface area contributed by atoms with Crippen LogP contribution in [0.3, 0.4) is 0 Å². The average Bonchev–Trinajstić information content (AvgIpc) is 2.72. The molecule has 1 heterocycles. The Bertz CT molecular complexity index is 761. The van der Waals surface area contributed by atoms with Gasteiger partial charge in [0.1, 0.15) is 5.69 Å². The number of carbonyl (C=O) groups excluding carboxylic acids is 2. The van der Waals surface area contributed by atoms with Crippen LogP contribution in [0, 0.1) is 16.0 Å². The quantitative estimate of drug-likeness (QED) is 0.443. The molecular weight excluding hydrogens is 374 g/mol. The zero-order chi connectivity index (χ0) is 20.8. The molecule has 1 aliphatic carbocycles. The molecule has 1 aliphatic heterocycles. The molecule has 1 N–H and O–H groups in total. The third-order valence-electron chi connectivity index (χ3n) is 5.71. The highest BCUT2D eigenvalue weighted by Gasteiger charge is 2.26. The van der Waals surface area contributed by atoms with Crippen molar-refractivity contribution < 1.29 is 19.2 Å². The van der Waals surface area contributed by atoms with E-state index in [1.54, 1.807) is 6.07 Å². The Morgan fingerprint density at radius 1 is 1.21 bits per heavy atom. The lowest BCUT2D eigenvalue weighted by Crippen LogP contribution is -2.38. The molecule has 1 amide bonds. The molecule has 0 unspecified atom stereocenters. The van der Waals surface area contributed by atoms with Crippen LogP contribution in [-0.2, 0) is 9.53 Å². The van der Waals surface area contributed by atoms with Gasteiger partial charge in [0, 0.05) is 25.2 Å². The first kappa shape index (κ1) is 21.1. The molecule has 2 fully saturated rings. The summed E-state index contributed by atoms with van der Waals surface area (Å²) in [7, 11) is 0. The molecule has 0 radical (unpaired) electrons. The number of anilines is 1. The number of hydrogen-bond acceptors (Lipinski definition) is 6. The molecule has 1 saturated carbocycles. The molecular formula is C21H29N3O5. The first-order chi connectivity index (χ1) is 13.9. The maximum atomic E-state index is 12.3. The predicted molar refractivity (Wildman–Crippen MR) is 109 cm³/mol. The van der Waals surface area contributed by atoms with Crippen LogP contribution in [0.5, 0.6) is 0 Å². The van der Waals surface area contributed by atoms with Crippen molar-refractivity contribution in [3.63, 3.8) is 0 Å². The Kier molecular flexibility index (Phi) is 7.06. The second kappa shape index (κ2) is 9.71. The summed E-state index contributed by atoms with van der Waals surface area (Å²) in [5.41, 5.74) is 0.490. The van der Waals surface area contributed by atoms with Crippen molar-refractivity contribution in [3.05, 3.63) is 33.9 Å². The normalized spacial score (nSPS) is 20.2. The molecule has 2 aliphatic rings. The molecule has 158 valence electrons. The van der Waals surface area contributed by atoms with E-state index in [1.807, 2.05) is 4.90 Å². The van der Waals surface area contributed by atoms with Crippen LogP contribution in [0.1, 0.15) is 62.2 Å². The van der Waals surface area contributed by atoms with Gasteiger partial charge in [0.15, 0.2) is 6.61 Å². The lowest BCUT2D eigenvalue weighted by molar-refractivity contribution is -0.384. The number of rotatable bonds is 6. The predicted octanol–water partition coefficient (Wildman–Crippen LogP) is 3.44. The summed E-state index contributed by atoms with van der Waals surface area (Å²) in [5.74, 6) is -0.597. The number of nitrogens with zero attached hydrogens (tertiary/aromatic N) is 2. The number of esters is 1. The number of nitrogens with one attached hydrogen (secondary N) is 1. The molecule has 1 aromatic rings. The Labute approximate surface area is 170 Å². The van der Waals surface area contributed by atoms with E-state index < -0.39 is 10.9 Å². The summed E-state index contributed by atoms with van der Waals surface area (Å²) in [6.07, 6.45) is 7.36. The summed E-state index contributed by atoms with van der Waals surface area (Å²) in [4.78, 5) is 37.4. The van der Waals surface area contributed by atoms with Crippen molar-refractivity contribution in [1.29, 1.82) is 0 Å². The fourth-order valence-electron chi connectivity index (χ4n) is 4.20. The monoisotopic (exact) mass is 403 g/mol. The second-order valence-electron chi connectivity index (χ2n) is 8.13. The molecule has 1 saturated heterocycles. The minimum absolute atomic E-state index is 0.0796. The van der Waals surface area contributed by atoms with Gasteiger partial charge in [-0.15, -0.1) is 0 Å². The largest absolute Gasteiger partial charge is 0.452 e. The molecule has 0 aromatic heterocycles. The summed E-state index contributed by atoms with van der Waals surface area (Å²) >= 11 is 0. The van der Waals surface area contributed by atoms with Gasteiger partial charge in [-0.25, -0.2) is 4.79 Å². The Morgan fingerprint density at radius 2 is 1.97 bits per heavy atom. The van der Waals surface area contributed by atoms with Crippen molar-refractivity contribution in [1.82, 2.24) is 5.32 Å². The van der Waals surface area contributed by atoms with E-state index in [4.69, 9.17) is 4.74 Å². The number of amides is 1. The van der Waals surface area contributed by atoms with Crippen molar-refractivity contribution >= 4 is 23.3 Å². The summed E-state index contributed by atoms with van der Waals surface area (Å²) in [6, 6.07) is 4.52. The van der Waals surface area contributed by atoms with Gasteiger partial charge in [0.25, 0.3) is 11.6 Å². The van der Waals surface area contributed by atoms with Gasteiger partial charge >= 0.3 is 5.97 Å². The summed E-state index contributed by atoms with van der Waals surface area (Å²) < 4.78 is 5.08. The topological polar surface area (TPSA) is 102 Å².